The molecule has 0 radical (unpaired) electrons. The monoisotopic (exact) mass is 431 g/mol. The van der Waals surface area contributed by atoms with Crippen LogP contribution in [-0.2, 0) is 12.8 Å². The maximum atomic E-state index is 13.9. The number of likely N-dealkylation sites (tertiary alicyclic amines) is 1. The van der Waals surface area contributed by atoms with Crippen molar-refractivity contribution < 1.29 is 9.18 Å². The van der Waals surface area contributed by atoms with Crippen LogP contribution in [0.4, 0.5) is 4.39 Å². The van der Waals surface area contributed by atoms with Crippen molar-refractivity contribution in [2.24, 2.45) is 5.92 Å². The minimum atomic E-state index is -0.556. The van der Waals surface area contributed by atoms with Gasteiger partial charge in [-0.05, 0) is 68.6 Å². The van der Waals surface area contributed by atoms with Crippen LogP contribution in [0.5, 0.6) is 0 Å². The van der Waals surface area contributed by atoms with E-state index >= 15 is 0 Å². The van der Waals surface area contributed by atoms with Crippen LogP contribution < -0.4 is 0 Å². The molecule has 2 aromatic carbocycles. The van der Waals surface area contributed by atoms with Crippen molar-refractivity contribution >= 4 is 42.2 Å². The summed E-state index contributed by atoms with van der Waals surface area (Å²) in [7, 11) is 2.16. The molecule has 0 amide bonds. The lowest BCUT2D eigenvalue weighted by molar-refractivity contribution is 0.0989. The third-order valence-electron chi connectivity index (χ3n) is 4.96. The number of benzene rings is 2. The summed E-state index contributed by atoms with van der Waals surface area (Å²) in [6.07, 6.45) is 3.63. The van der Waals surface area contributed by atoms with E-state index < -0.39 is 5.82 Å². The highest BCUT2D eigenvalue weighted by atomic mass is 35.5. The zero-order chi connectivity index (χ0) is 17.8. The topological polar surface area (TPSA) is 20.3 Å². The molecular weight excluding hydrogens is 408 g/mol. The Kier molecular flexibility index (Phi) is 9.75. The average molecular weight is 433 g/mol. The minimum Gasteiger partial charge on any atom is -0.306 e. The smallest absolute Gasteiger partial charge is 0.171 e. The van der Waals surface area contributed by atoms with Crippen LogP contribution in [0.25, 0.3) is 0 Å². The van der Waals surface area contributed by atoms with Crippen molar-refractivity contribution in [1.29, 1.82) is 0 Å². The summed E-state index contributed by atoms with van der Waals surface area (Å²) < 4.78 is 13.9. The molecule has 27 heavy (non-hydrogen) atoms. The van der Waals surface area contributed by atoms with Crippen LogP contribution in [0.15, 0.2) is 42.5 Å². The van der Waals surface area contributed by atoms with E-state index in [0.717, 1.165) is 25.1 Å². The van der Waals surface area contributed by atoms with Gasteiger partial charge in [0.2, 0.25) is 0 Å². The molecule has 0 spiro atoms. The first-order valence-corrected chi connectivity index (χ1v) is 9.14. The molecule has 1 fully saturated rings. The highest BCUT2D eigenvalue weighted by Gasteiger charge is 2.18. The molecule has 0 aromatic heterocycles. The van der Waals surface area contributed by atoms with Crippen molar-refractivity contribution in [2.45, 2.75) is 25.7 Å². The fourth-order valence-corrected chi connectivity index (χ4v) is 3.77. The Labute approximate surface area is 177 Å². The second kappa shape index (κ2) is 11.0. The van der Waals surface area contributed by atoms with Gasteiger partial charge >= 0.3 is 0 Å². The fraction of sp³-hybridized carbons (Fsp3) is 0.381. The summed E-state index contributed by atoms with van der Waals surface area (Å²) in [5.74, 6) is -0.136. The number of carbonyl (C=O) groups is 1. The van der Waals surface area contributed by atoms with Crippen LogP contribution in [0.2, 0.25) is 5.02 Å². The molecule has 1 heterocycles. The minimum absolute atomic E-state index is 0. The Morgan fingerprint density at radius 1 is 1.11 bits per heavy atom. The van der Waals surface area contributed by atoms with Crippen LogP contribution in [0, 0.1) is 11.7 Å². The number of rotatable bonds is 5. The van der Waals surface area contributed by atoms with Gasteiger partial charge in [0.05, 0.1) is 10.6 Å². The summed E-state index contributed by atoms with van der Waals surface area (Å²) in [4.78, 5) is 14.8. The van der Waals surface area contributed by atoms with Gasteiger partial charge in [-0.2, -0.15) is 0 Å². The first kappa shape index (κ1) is 23.9. The van der Waals surface area contributed by atoms with E-state index in [2.05, 4.69) is 24.1 Å². The van der Waals surface area contributed by atoms with E-state index in [1.165, 1.54) is 30.5 Å². The molecule has 0 N–H and O–H groups in total. The van der Waals surface area contributed by atoms with Gasteiger partial charge in [0.1, 0.15) is 5.82 Å². The van der Waals surface area contributed by atoms with E-state index in [1.807, 2.05) is 12.1 Å². The Balaban J connectivity index is 0.00000182. The molecule has 2 nitrogen and oxygen atoms in total. The highest BCUT2D eigenvalue weighted by Crippen LogP contribution is 2.23. The van der Waals surface area contributed by atoms with Gasteiger partial charge in [0.15, 0.2) is 5.78 Å². The number of Topliss-reactive ketones (excluding diaryl/α,β-unsaturated/α-hetero) is 1. The van der Waals surface area contributed by atoms with Crippen molar-refractivity contribution in [1.82, 2.24) is 4.90 Å². The second-order valence-corrected chi connectivity index (χ2v) is 7.37. The van der Waals surface area contributed by atoms with Gasteiger partial charge in [0.25, 0.3) is 0 Å². The largest absolute Gasteiger partial charge is 0.306 e. The molecule has 6 heteroatoms. The zero-order valence-electron chi connectivity index (χ0n) is 15.3. The molecule has 0 bridgehead atoms. The number of hydrogen-bond acceptors (Lipinski definition) is 2. The van der Waals surface area contributed by atoms with Crippen LogP contribution in [0.1, 0.15) is 34.3 Å². The first-order valence-electron chi connectivity index (χ1n) is 8.76. The summed E-state index contributed by atoms with van der Waals surface area (Å²) in [5, 5.41) is 0.174. The Morgan fingerprint density at radius 2 is 1.74 bits per heavy atom. The van der Waals surface area contributed by atoms with Gasteiger partial charge in [0, 0.05) is 6.42 Å². The van der Waals surface area contributed by atoms with Gasteiger partial charge in [-0.25, -0.2) is 4.39 Å². The molecule has 2 aromatic rings. The summed E-state index contributed by atoms with van der Waals surface area (Å²) in [6, 6.07) is 12.4. The predicted molar refractivity (Wildman–Crippen MR) is 114 cm³/mol. The molecular formula is C21H25Cl3FNO. The van der Waals surface area contributed by atoms with Gasteiger partial charge < -0.3 is 4.90 Å². The third-order valence-corrected chi connectivity index (χ3v) is 5.28. The third kappa shape index (κ3) is 6.46. The highest BCUT2D eigenvalue weighted by molar-refractivity contribution is 6.34. The fourth-order valence-electron chi connectivity index (χ4n) is 3.50. The lowest BCUT2D eigenvalue weighted by Gasteiger charge is -2.29. The van der Waals surface area contributed by atoms with E-state index in [4.69, 9.17) is 11.6 Å². The standard InChI is InChI=1S/C21H23ClFNO.2ClH/c1-24-10-8-15(9-11-24)12-16-4-2-5-17(13-16)14-20(25)21-18(22)6-3-7-19(21)23;;/h2-7,13,15H,8-12,14H2,1H3;2*1H. The Morgan fingerprint density at radius 3 is 2.41 bits per heavy atom. The summed E-state index contributed by atoms with van der Waals surface area (Å²) in [5.41, 5.74) is 2.15. The molecule has 0 saturated carbocycles. The number of halogens is 4. The zero-order valence-corrected chi connectivity index (χ0v) is 17.7. The summed E-state index contributed by atoms with van der Waals surface area (Å²) >= 11 is 6.00. The van der Waals surface area contributed by atoms with E-state index in [9.17, 15) is 9.18 Å². The molecule has 0 unspecified atom stereocenters. The molecule has 1 aliphatic rings. The van der Waals surface area contributed by atoms with Crippen LogP contribution >= 0.6 is 36.4 Å². The number of carbonyl (C=O) groups excluding carboxylic acids is 1. The molecule has 1 aliphatic heterocycles. The average Bonchev–Trinajstić information content (AvgIpc) is 2.57. The lowest BCUT2D eigenvalue weighted by atomic mass is 9.89. The van der Waals surface area contributed by atoms with Gasteiger partial charge in [-0.15, -0.1) is 24.8 Å². The predicted octanol–water partition coefficient (Wildman–Crippen LogP) is 5.63. The molecule has 1 saturated heterocycles. The van der Waals surface area contributed by atoms with E-state index in [-0.39, 0.29) is 47.6 Å². The Hall–Kier alpha value is -1.13. The quantitative estimate of drug-likeness (QED) is 0.570. The van der Waals surface area contributed by atoms with Crippen LogP contribution in [0.3, 0.4) is 0 Å². The van der Waals surface area contributed by atoms with Crippen molar-refractivity contribution in [3.8, 4) is 0 Å². The Bertz CT molecular complexity index is 741. The maximum absolute atomic E-state index is 13.9. The molecule has 0 aliphatic carbocycles. The van der Waals surface area contributed by atoms with Gasteiger partial charge in [-0.1, -0.05) is 41.9 Å². The van der Waals surface area contributed by atoms with E-state index in [0.29, 0.717) is 5.92 Å². The van der Waals surface area contributed by atoms with Crippen molar-refractivity contribution in [2.75, 3.05) is 20.1 Å². The molecule has 0 atom stereocenters. The van der Waals surface area contributed by atoms with Crippen molar-refractivity contribution in [3.05, 3.63) is 70.0 Å². The molecule has 3 rings (SSSR count). The number of nitrogens with zero attached hydrogens (tertiary/aromatic N) is 1. The SMILES string of the molecule is CN1CCC(Cc2cccc(CC(=O)c3c(F)cccc3Cl)c2)CC1.Cl.Cl. The maximum Gasteiger partial charge on any atom is 0.171 e. The number of hydrogen-bond donors (Lipinski definition) is 0. The number of piperidine rings is 1. The normalized spacial score (nSPS) is 14.9. The number of ketones is 1. The summed E-state index contributed by atoms with van der Waals surface area (Å²) in [6.45, 7) is 2.29. The second-order valence-electron chi connectivity index (χ2n) is 6.97. The van der Waals surface area contributed by atoms with Crippen molar-refractivity contribution in [3.63, 3.8) is 0 Å². The van der Waals surface area contributed by atoms with Crippen LogP contribution in [-0.4, -0.2) is 30.8 Å². The van der Waals surface area contributed by atoms with E-state index in [1.54, 1.807) is 6.07 Å². The molecule has 148 valence electrons. The first-order chi connectivity index (χ1) is 12.0. The van der Waals surface area contributed by atoms with Gasteiger partial charge in [-0.3, -0.25) is 4.79 Å². The lowest BCUT2D eigenvalue weighted by Crippen LogP contribution is -2.30.